The number of dihydropyridines is 1. The topological polar surface area (TPSA) is 217 Å². The number of hydrogen-bond acceptors (Lipinski definition) is 12. The van der Waals surface area contributed by atoms with E-state index in [-0.39, 0.29) is 72.7 Å². The van der Waals surface area contributed by atoms with Gasteiger partial charge in [-0.25, -0.2) is 0 Å². The van der Waals surface area contributed by atoms with E-state index in [1.54, 1.807) is 6.07 Å². The van der Waals surface area contributed by atoms with E-state index in [0.29, 0.717) is 93.9 Å². The van der Waals surface area contributed by atoms with Crippen LogP contribution in [-0.2, 0) is 41.7 Å². The quantitative estimate of drug-likeness (QED) is 0.0458. The molecule has 4 aliphatic rings. The smallest absolute Gasteiger partial charge is 0.173 e. The van der Waals surface area contributed by atoms with E-state index in [0.717, 1.165) is 62.4 Å². The number of aliphatic hydroxyl groups is 4. The fourth-order valence-electron chi connectivity index (χ4n) is 14.1. The van der Waals surface area contributed by atoms with Gasteiger partial charge in [0.25, 0.3) is 0 Å². The zero-order valence-corrected chi connectivity index (χ0v) is 48.8. The predicted molar refractivity (Wildman–Crippen MR) is 330 cm³/mol. The second-order valence-corrected chi connectivity index (χ2v) is 24.2. The lowest BCUT2D eigenvalue weighted by atomic mass is 9.71. The van der Waals surface area contributed by atoms with E-state index in [1.165, 1.54) is 7.11 Å². The number of aromatic amines is 1. The van der Waals surface area contributed by atoms with Crippen molar-refractivity contribution in [2.45, 2.75) is 127 Å². The Morgan fingerprint density at radius 3 is 2.33 bits per heavy atom. The Balaban J connectivity index is 1.13. The van der Waals surface area contributed by atoms with Gasteiger partial charge in [-0.2, -0.15) is 0 Å². The summed E-state index contributed by atoms with van der Waals surface area (Å²) in [5.41, 5.74) is 8.58. The van der Waals surface area contributed by atoms with Gasteiger partial charge in [0.2, 0.25) is 0 Å². The second-order valence-electron chi connectivity index (χ2n) is 24.2. The number of ether oxygens (including phenoxy) is 1. The number of fused-ring (bicyclic) bond motifs is 9. The molecule has 5 aromatic carbocycles. The maximum Gasteiger partial charge on any atom is 0.173 e. The van der Waals surface area contributed by atoms with E-state index < -0.39 is 47.6 Å². The Bertz CT molecular complexity index is 3380. The highest BCUT2D eigenvalue weighted by molar-refractivity contribution is 6.06. The Morgan fingerprint density at radius 2 is 1.56 bits per heavy atom. The summed E-state index contributed by atoms with van der Waals surface area (Å²) < 4.78 is 5.82. The zero-order valence-electron chi connectivity index (χ0n) is 48.8. The van der Waals surface area contributed by atoms with Crippen LogP contribution < -0.4 is 20.7 Å². The molecule has 0 amide bonds. The molecule has 9 bridgehead atoms. The number of carbonyl (C=O) groups excluding carboxylic acids is 2. The normalized spacial score (nSPS) is 26.2. The molecule has 6 aromatic rings. The second kappa shape index (κ2) is 27.7. The molecular weight excluding hydrogens is 1050 g/mol. The van der Waals surface area contributed by atoms with E-state index in [1.807, 2.05) is 85.1 Å². The Hall–Kier alpha value is -7.18. The number of β-amino-alcohol motifs (C(OH)–C–C–N with tert-alkyl or cyclic N) is 1. The molecule has 84 heavy (non-hydrogen) atoms. The van der Waals surface area contributed by atoms with Gasteiger partial charge >= 0.3 is 0 Å². The monoisotopic (exact) mass is 1140 g/mol. The predicted octanol–water partition coefficient (Wildman–Crippen LogP) is 10.1. The van der Waals surface area contributed by atoms with Crippen molar-refractivity contribution in [2.24, 2.45) is 35.5 Å². The number of phenols is 2. The molecule has 11 atom stereocenters. The fraction of sp³-hybridized carbons (Fsp3) is 0.437. The molecule has 11 unspecified atom stereocenters. The van der Waals surface area contributed by atoms with Crippen LogP contribution in [0.1, 0.15) is 122 Å². The number of phenolic OH excluding ortho intramolecular Hbond substituents is 2. The third-order valence-corrected chi connectivity index (χ3v) is 18.6. The van der Waals surface area contributed by atoms with E-state index >= 15 is 4.79 Å². The van der Waals surface area contributed by atoms with Crippen molar-refractivity contribution in [1.82, 2.24) is 15.6 Å². The van der Waals surface area contributed by atoms with Crippen molar-refractivity contribution in [3.8, 4) is 29.1 Å². The number of H-pyrrole nitrogens is 1. The molecule has 2 aliphatic carbocycles. The molecule has 2 aliphatic heterocycles. The third-order valence-electron chi connectivity index (χ3n) is 18.6. The SMILES string of the molecule is CCCC1C(O)Cc2cc(c[nH]2)C(C)CNCC(O)Cc2ccc3ccc(cc3c2O)NC2=CC(=CCN2)C(CCCO)C2CC3C#CC(c4ccccc4)c4c(cc(OC)c(O)c4CCc4ccccc4)CCC(=O)C(O)C(=O)C3CC1C2. The lowest BCUT2D eigenvalue weighted by Gasteiger charge is -2.36. The first-order valence-electron chi connectivity index (χ1n) is 30.6. The van der Waals surface area contributed by atoms with Gasteiger partial charge in [0.15, 0.2) is 29.2 Å². The molecule has 10 N–H and O–H groups in total. The summed E-state index contributed by atoms with van der Waals surface area (Å²) >= 11 is 0. The van der Waals surface area contributed by atoms with E-state index in [2.05, 4.69) is 77.0 Å². The summed E-state index contributed by atoms with van der Waals surface area (Å²) in [5.74, 6) is 4.73. The van der Waals surface area contributed by atoms with E-state index in [9.17, 15) is 35.4 Å². The minimum atomic E-state index is -1.90. The van der Waals surface area contributed by atoms with Crippen molar-refractivity contribution in [1.29, 1.82) is 0 Å². The van der Waals surface area contributed by atoms with Crippen LogP contribution in [-0.4, -0.2) is 98.9 Å². The van der Waals surface area contributed by atoms with Gasteiger partial charge in [-0.05, 0) is 162 Å². The van der Waals surface area contributed by atoms with Gasteiger partial charge in [0, 0.05) is 85.9 Å². The molecule has 0 saturated heterocycles. The van der Waals surface area contributed by atoms with Gasteiger partial charge in [0.05, 0.1) is 25.2 Å². The third kappa shape index (κ3) is 13.8. The molecular formula is C71H84N4O9. The number of methoxy groups -OCH3 is 1. The minimum absolute atomic E-state index is 0.0129. The zero-order chi connectivity index (χ0) is 58.9. The first-order chi connectivity index (χ1) is 40.8. The molecule has 10 rings (SSSR count). The molecule has 0 spiro atoms. The van der Waals surface area contributed by atoms with Crippen LogP contribution in [0.2, 0.25) is 0 Å². The number of carbonyl (C=O) groups is 2. The van der Waals surface area contributed by atoms with Crippen LogP contribution in [0.15, 0.2) is 133 Å². The Kier molecular flexibility index (Phi) is 19.8. The minimum Gasteiger partial charge on any atom is -0.507 e. The summed E-state index contributed by atoms with van der Waals surface area (Å²) in [4.78, 5) is 33.5. The van der Waals surface area contributed by atoms with Gasteiger partial charge in [-0.3, -0.25) is 9.59 Å². The number of aryl methyl sites for hydroxylation is 2. The number of aliphatic hydroxyl groups excluding tert-OH is 4. The van der Waals surface area contributed by atoms with Crippen LogP contribution >= 0.6 is 0 Å². The highest BCUT2D eigenvalue weighted by atomic mass is 16.5. The molecule has 442 valence electrons. The number of ketones is 2. The molecule has 3 heterocycles. The fourth-order valence-corrected chi connectivity index (χ4v) is 14.1. The molecule has 1 aromatic heterocycles. The van der Waals surface area contributed by atoms with Crippen LogP contribution in [0.3, 0.4) is 0 Å². The first-order valence-corrected chi connectivity index (χ1v) is 30.6. The van der Waals surface area contributed by atoms with Crippen molar-refractivity contribution in [3.05, 3.63) is 178 Å². The maximum atomic E-state index is 15.4. The van der Waals surface area contributed by atoms with Crippen LogP contribution in [0.5, 0.6) is 17.2 Å². The molecule has 1 saturated carbocycles. The standard InChI is InChI=1S/C71H84N4O9/c1-4-12-58-52-32-51(31-47-22-26-59(45-15-9-6-10-16-45)67-49(23-27-63(78)71(83)70(82)61(47)35-52)36-65(84-3)69(81)60(67)25-18-44-13-7-5-8-14-44)57(17-11-30-76)48-28-29-73-66(37-48)75-54-24-21-46-19-20-50(68(80)62(46)38-54)34-56(77)42-72-40-43(2)53-33-55(74-41-53)39-64(58)79/h5-10,13-16,19-21,24,28,33,36-38,41,43,47,51-52,56-59,61,64,71-77,79-81,83H,4,11-12,17-18,23,25,27,29-32,34-35,39-40,42H2,1-3H3. The molecule has 13 nitrogen and oxygen atoms in total. The average molecular weight is 1140 g/mol. The van der Waals surface area contributed by atoms with Gasteiger partial charge in [-0.15, -0.1) is 0 Å². The number of nitrogens with one attached hydrogen (secondary N) is 4. The van der Waals surface area contributed by atoms with Crippen molar-refractivity contribution in [2.75, 3.05) is 38.7 Å². The summed E-state index contributed by atoms with van der Waals surface area (Å²) in [6.45, 7) is 5.63. The van der Waals surface area contributed by atoms with Gasteiger partial charge < -0.3 is 56.3 Å². The number of hydrogen-bond donors (Lipinski definition) is 10. The molecule has 13 heteroatoms. The number of aromatic hydroxyl groups is 2. The number of aromatic nitrogens is 1. The molecule has 0 radical (unpaired) electrons. The van der Waals surface area contributed by atoms with Crippen molar-refractivity contribution >= 4 is 28.0 Å². The highest BCUT2D eigenvalue weighted by Crippen LogP contribution is 2.49. The lowest BCUT2D eigenvalue weighted by Crippen LogP contribution is -2.40. The Morgan fingerprint density at radius 1 is 0.774 bits per heavy atom. The summed E-state index contributed by atoms with van der Waals surface area (Å²) in [6.07, 6.45) is 8.46. The van der Waals surface area contributed by atoms with Crippen molar-refractivity contribution < 1.29 is 45.0 Å². The highest BCUT2D eigenvalue weighted by Gasteiger charge is 2.45. The average Bonchev–Trinajstić information content (AvgIpc) is 2.69. The van der Waals surface area contributed by atoms with Crippen LogP contribution in [0, 0.1) is 47.3 Å². The number of anilines is 1. The number of rotatable bonds is 10. The van der Waals surface area contributed by atoms with Crippen LogP contribution in [0.25, 0.3) is 10.8 Å². The summed E-state index contributed by atoms with van der Waals surface area (Å²) in [5, 5.41) is 82.8. The Labute approximate surface area is 494 Å². The molecule has 1 fully saturated rings. The number of allylic oxidation sites excluding steroid dienone is 2. The maximum absolute atomic E-state index is 15.4. The summed E-state index contributed by atoms with van der Waals surface area (Å²) in [6, 6.07) is 33.7. The van der Waals surface area contributed by atoms with Gasteiger partial charge in [0.1, 0.15) is 11.6 Å². The lowest BCUT2D eigenvalue weighted by molar-refractivity contribution is -0.142. The van der Waals surface area contributed by atoms with E-state index in [4.69, 9.17) is 4.74 Å². The van der Waals surface area contributed by atoms with Crippen molar-refractivity contribution in [3.63, 3.8) is 0 Å². The van der Waals surface area contributed by atoms with Crippen LogP contribution in [0.4, 0.5) is 5.69 Å². The number of benzene rings is 5. The number of Topliss-reactive ketones (excluding diaryl/α,β-unsaturated/α-hetero) is 2. The largest absolute Gasteiger partial charge is 0.507 e. The van der Waals surface area contributed by atoms with Gasteiger partial charge in [-0.1, -0.05) is 117 Å². The first kappa shape index (κ1) is 60.0. The summed E-state index contributed by atoms with van der Waals surface area (Å²) in [7, 11) is 1.51.